The lowest BCUT2D eigenvalue weighted by Crippen LogP contribution is -2.58. The lowest BCUT2D eigenvalue weighted by atomic mass is 9.74. The molecule has 17 heavy (non-hydrogen) atoms. The molecule has 1 atom stereocenters. The summed E-state index contributed by atoms with van der Waals surface area (Å²) in [7, 11) is 0. The molecule has 1 heterocycles. The fourth-order valence-corrected chi connectivity index (χ4v) is 1.60. The number of carboxylic acid groups (broad SMARTS) is 1. The van der Waals surface area contributed by atoms with Crippen LogP contribution < -0.4 is 5.32 Å². The molecule has 0 spiro atoms. The second-order valence-electron chi connectivity index (χ2n) is 5.55. The van der Waals surface area contributed by atoms with Crippen molar-refractivity contribution in [2.75, 3.05) is 6.61 Å². The molecule has 0 aliphatic carbocycles. The van der Waals surface area contributed by atoms with Crippen molar-refractivity contribution in [1.29, 1.82) is 0 Å². The molecule has 5 heteroatoms. The third-order valence-electron chi connectivity index (χ3n) is 3.75. The fraction of sp³-hybridized carbons (Fsp3) is 0.833. The minimum absolute atomic E-state index is 0.221. The Kier molecular flexibility index (Phi) is 3.81. The van der Waals surface area contributed by atoms with Crippen LogP contribution in [0.15, 0.2) is 0 Å². The first-order valence-electron chi connectivity index (χ1n) is 5.85. The molecule has 98 valence electrons. The zero-order chi connectivity index (χ0) is 13.3. The Morgan fingerprint density at radius 1 is 1.29 bits per heavy atom. The lowest BCUT2D eigenvalue weighted by Gasteiger charge is -2.39. The van der Waals surface area contributed by atoms with Gasteiger partial charge in [0.25, 0.3) is 0 Å². The van der Waals surface area contributed by atoms with Crippen molar-refractivity contribution in [2.45, 2.75) is 52.2 Å². The Labute approximate surface area is 102 Å². The fourth-order valence-electron chi connectivity index (χ4n) is 1.60. The van der Waals surface area contributed by atoms with Gasteiger partial charge in [0.1, 0.15) is 6.10 Å². The van der Waals surface area contributed by atoms with Gasteiger partial charge in [-0.15, -0.1) is 0 Å². The monoisotopic (exact) mass is 243 g/mol. The van der Waals surface area contributed by atoms with Crippen LogP contribution in [0, 0.1) is 5.41 Å². The van der Waals surface area contributed by atoms with E-state index in [1.54, 1.807) is 27.7 Å². The maximum atomic E-state index is 11.9. The minimum Gasteiger partial charge on any atom is -0.481 e. The van der Waals surface area contributed by atoms with Crippen molar-refractivity contribution in [3.63, 3.8) is 0 Å². The summed E-state index contributed by atoms with van der Waals surface area (Å²) >= 11 is 0. The Morgan fingerprint density at radius 3 is 2.29 bits per heavy atom. The van der Waals surface area contributed by atoms with Crippen LogP contribution in [0.25, 0.3) is 0 Å². The molecule has 5 nitrogen and oxygen atoms in total. The van der Waals surface area contributed by atoms with E-state index < -0.39 is 23.0 Å². The van der Waals surface area contributed by atoms with Crippen molar-refractivity contribution in [3.05, 3.63) is 0 Å². The molecule has 0 saturated carbocycles. The standard InChI is InChI=1S/C12H21NO4/c1-11(2,10(15)16)12(3,4)13-9(14)8-6-5-7-17-8/h8H,5-7H2,1-4H3,(H,13,14)(H,15,16)/t8-/m0/s1. The highest BCUT2D eigenvalue weighted by molar-refractivity contribution is 5.83. The summed E-state index contributed by atoms with van der Waals surface area (Å²) in [5.41, 5.74) is -1.87. The number of amides is 1. The number of hydrogen-bond acceptors (Lipinski definition) is 3. The Balaban J connectivity index is 2.71. The van der Waals surface area contributed by atoms with E-state index in [4.69, 9.17) is 4.74 Å². The van der Waals surface area contributed by atoms with Gasteiger partial charge in [0, 0.05) is 6.61 Å². The first-order chi connectivity index (χ1) is 7.68. The van der Waals surface area contributed by atoms with Crippen molar-refractivity contribution in [2.24, 2.45) is 5.41 Å². The van der Waals surface area contributed by atoms with E-state index in [1.165, 1.54) is 0 Å². The molecular formula is C12H21NO4. The van der Waals surface area contributed by atoms with Crippen LogP contribution in [0.5, 0.6) is 0 Å². The molecule has 0 aromatic heterocycles. The number of carboxylic acids is 1. The van der Waals surface area contributed by atoms with Gasteiger partial charge in [-0.3, -0.25) is 9.59 Å². The maximum Gasteiger partial charge on any atom is 0.311 e. The number of nitrogens with one attached hydrogen (secondary N) is 1. The van der Waals surface area contributed by atoms with Crippen molar-refractivity contribution < 1.29 is 19.4 Å². The average molecular weight is 243 g/mol. The Hall–Kier alpha value is -1.10. The molecule has 0 bridgehead atoms. The normalized spacial score (nSPS) is 21.3. The third kappa shape index (κ3) is 2.77. The Bertz CT molecular complexity index is 316. The Morgan fingerprint density at radius 2 is 1.88 bits per heavy atom. The molecule has 1 amide bonds. The molecule has 1 aliphatic rings. The quantitative estimate of drug-likeness (QED) is 0.777. The topological polar surface area (TPSA) is 75.6 Å². The van der Waals surface area contributed by atoms with E-state index in [2.05, 4.69) is 5.32 Å². The smallest absolute Gasteiger partial charge is 0.311 e. The van der Waals surface area contributed by atoms with Crippen molar-refractivity contribution >= 4 is 11.9 Å². The van der Waals surface area contributed by atoms with E-state index in [9.17, 15) is 14.7 Å². The second kappa shape index (κ2) is 4.64. The average Bonchev–Trinajstić information content (AvgIpc) is 2.68. The van der Waals surface area contributed by atoms with E-state index in [-0.39, 0.29) is 5.91 Å². The minimum atomic E-state index is -1.04. The molecule has 1 rings (SSSR count). The number of carbonyl (C=O) groups is 2. The van der Waals surface area contributed by atoms with Crippen LogP contribution in [-0.4, -0.2) is 35.2 Å². The highest BCUT2D eigenvalue weighted by Crippen LogP contribution is 2.31. The second-order valence-corrected chi connectivity index (χ2v) is 5.55. The highest BCUT2D eigenvalue weighted by Gasteiger charge is 2.45. The molecule has 2 N–H and O–H groups in total. The third-order valence-corrected chi connectivity index (χ3v) is 3.75. The van der Waals surface area contributed by atoms with Gasteiger partial charge in [-0.05, 0) is 40.5 Å². The van der Waals surface area contributed by atoms with Crippen LogP contribution >= 0.6 is 0 Å². The predicted molar refractivity (Wildman–Crippen MR) is 62.6 cm³/mol. The summed E-state index contributed by atoms with van der Waals surface area (Å²) < 4.78 is 5.27. The molecule has 0 radical (unpaired) electrons. The molecule has 1 fully saturated rings. The predicted octanol–water partition coefficient (Wildman–Crippen LogP) is 1.17. The van der Waals surface area contributed by atoms with Gasteiger partial charge in [0.15, 0.2) is 0 Å². The first-order valence-corrected chi connectivity index (χ1v) is 5.85. The van der Waals surface area contributed by atoms with Gasteiger partial charge in [0.05, 0.1) is 11.0 Å². The summed E-state index contributed by atoms with van der Waals surface area (Å²) in [6.07, 6.45) is 1.15. The van der Waals surface area contributed by atoms with E-state index in [0.29, 0.717) is 13.0 Å². The van der Waals surface area contributed by atoms with Crippen LogP contribution in [0.4, 0.5) is 0 Å². The van der Waals surface area contributed by atoms with E-state index >= 15 is 0 Å². The summed E-state index contributed by atoms with van der Waals surface area (Å²) in [4.78, 5) is 23.1. The van der Waals surface area contributed by atoms with Gasteiger partial charge >= 0.3 is 5.97 Å². The van der Waals surface area contributed by atoms with Crippen LogP contribution in [0.2, 0.25) is 0 Å². The SMILES string of the molecule is CC(C)(NC(=O)[C@@H]1CCCO1)C(C)(C)C(=O)O. The van der Waals surface area contributed by atoms with Gasteiger partial charge < -0.3 is 15.2 Å². The molecule has 0 aromatic rings. The van der Waals surface area contributed by atoms with Gasteiger partial charge in [-0.2, -0.15) is 0 Å². The molecule has 1 aliphatic heterocycles. The highest BCUT2D eigenvalue weighted by atomic mass is 16.5. The molecule has 1 saturated heterocycles. The van der Waals surface area contributed by atoms with Gasteiger partial charge in [-0.25, -0.2) is 0 Å². The number of aliphatic carboxylic acids is 1. The number of rotatable bonds is 4. The van der Waals surface area contributed by atoms with Crippen LogP contribution in [-0.2, 0) is 14.3 Å². The zero-order valence-electron chi connectivity index (χ0n) is 10.9. The molecule has 0 aromatic carbocycles. The lowest BCUT2D eigenvalue weighted by molar-refractivity contribution is -0.152. The molecule has 0 unspecified atom stereocenters. The number of ether oxygens (including phenoxy) is 1. The summed E-state index contributed by atoms with van der Waals surface area (Å²) in [5, 5.41) is 11.9. The van der Waals surface area contributed by atoms with E-state index in [1.807, 2.05) is 0 Å². The van der Waals surface area contributed by atoms with Crippen molar-refractivity contribution in [3.8, 4) is 0 Å². The first kappa shape index (κ1) is 14.0. The largest absolute Gasteiger partial charge is 0.481 e. The summed E-state index contributed by atoms with van der Waals surface area (Å²) in [5.74, 6) is -1.16. The van der Waals surface area contributed by atoms with Crippen LogP contribution in [0.3, 0.4) is 0 Å². The maximum absolute atomic E-state index is 11.9. The molecular weight excluding hydrogens is 222 g/mol. The summed E-state index contributed by atoms with van der Waals surface area (Å²) in [6, 6.07) is 0. The van der Waals surface area contributed by atoms with Gasteiger partial charge in [0.2, 0.25) is 5.91 Å². The summed E-state index contributed by atoms with van der Waals surface area (Å²) in [6.45, 7) is 7.24. The van der Waals surface area contributed by atoms with E-state index in [0.717, 1.165) is 6.42 Å². The van der Waals surface area contributed by atoms with Crippen molar-refractivity contribution in [1.82, 2.24) is 5.32 Å². The zero-order valence-corrected chi connectivity index (χ0v) is 10.9. The van der Waals surface area contributed by atoms with Crippen LogP contribution in [0.1, 0.15) is 40.5 Å². The number of hydrogen-bond donors (Lipinski definition) is 2. The van der Waals surface area contributed by atoms with Gasteiger partial charge in [-0.1, -0.05) is 0 Å². The number of carbonyl (C=O) groups excluding carboxylic acids is 1.